The molecule has 0 bridgehead atoms. The van der Waals surface area contributed by atoms with E-state index in [2.05, 4.69) is 4.98 Å². The molecule has 0 saturated carbocycles. The zero-order valence-corrected chi connectivity index (χ0v) is 17.7. The standard InChI is InChI=1S/C22H21N3O4S/c1-4-28-17-9-14(6-8-16(17)29-11-19(23)26)10-18-21(27)25-15-7-5-12(2)13(3)20(15)24-22(25)30-18/h5-10H,4,11H2,1-3H3,(H2,23,26)/b18-10+. The highest BCUT2D eigenvalue weighted by molar-refractivity contribution is 7.15. The first kappa shape index (κ1) is 19.9. The molecule has 0 unspecified atom stereocenters. The molecule has 2 N–H and O–H groups in total. The second-order valence-electron chi connectivity index (χ2n) is 6.91. The van der Waals surface area contributed by atoms with Gasteiger partial charge in [-0.2, -0.15) is 0 Å². The summed E-state index contributed by atoms with van der Waals surface area (Å²) in [7, 11) is 0. The maximum Gasteiger partial charge on any atom is 0.274 e. The molecule has 0 saturated heterocycles. The molecule has 0 atom stereocenters. The minimum atomic E-state index is -0.566. The number of ether oxygens (including phenoxy) is 2. The van der Waals surface area contributed by atoms with Crippen molar-refractivity contribution in [1.82, 2.24) is 9.38 Å². The molecular formula is C22H21N3O4S. The summed E-state index contributed by atoms with van der Waals surface area (Å²) >= 11 is 1.35. The van der Waals surface area contributed by atoms with E-state index in [4.69, 9.17) is 15.2 Å². The van der Waals surface area contributed by atoms with Crippen LogP contribution in [0.25, 0.3) is 22.1 Å². The minimum Gasteiger partial charge on any atom is -0.490 e. The van der Waals surface area contributed by atoms with Gasteiger partial charge in [0.2, 0.25) is 0 Å². The third-order valence-corrected chi connectivity index (χ3v) is 5.84. The van der Waals surface area contributed by atoms with E-state index in [9.17, 15) is 9.59 Å². The fraction of sp³-hybridized carbons (Fsp3) is 0.227. The van der Waals surface area contributed by atoms with Crippen molar-refractivity contribution in [3.8, 4) is 11.5 Å². The Hall–Kier alpha value is -3.39. The van der Waals surface area contributed by atoms with E-state index in [1.165, 1.54) is 11.3 Å². The number of hydrogen-bond donors (Lipinski definition) is 1. The molecule has 154 valence electrons. The van der Waals surface area contributed by atoms with Crippen LogP contribution in [-0.2, 0) is 4.79 Å². The van der Waals surface area contributed by atoms with Crippen molar-refractivity contribution in [3.05, 3.63) is 61.9 Å². The van der Waals surface area contributed by atoms with Gasteiger partial charge in [-0.05, 0) is 61.7 Å². The lowest BCUT2D eigenvalue weighted by Gasteiger charge is -2.11. The Kier molecular flexibility index (Phi) is 5.17. The third kappa shape index (κ3) is 3.50. The highest BCUT2D eigenvalue weighted by atomic mass is 32.1. The smallest absolute Gasteiger partial charge is 0.274 e. The van der Waals surface area contributed by atoms with Crippen LogP contribution in [0.4, 0.5) is 0 Å². The highest BCUT2D eigenvalue weighted by Crippen LogP contribution is 2.29. The maximum atomic E-state index is 13.1. The fourth-order valence-electron chi connectivity index (χ4n) is 3.27. The van der Waals surface area contributed by atoms with Crippen molar-refractivity contribution in [2.45, 2.75) is 20.8 Å². The molecule has 0 aliphatic rings. The Morgan fingerprint density at radius 1 is 1.20 bits per heavy atom. The van der Waals surface area contributed by atoms with Gasteiger partial charge in [0.1, 0.15) is 0 Å². The van der Waals surface area contributed by atoms with Crippen LogP contribution in [0.15, 0.2) is 35.1 Å². The molecule has 4 aromatic rings. The van der Waals surface area contributed by atoms with E-state index in [1.807, 2.05) is 32.9 Å². The summed E-state index contributed by atoms with van der Waals surface area (Å²) in [5, 5.41) is 0. The number of carbonyl (C=O) groups excluding carboxylic acids is 1. The van der Waals surface area contributed by atoms with Crippen LogP contribution in [0.3, 0.4) is 0 Å². The van der Waals surface area contributed by atoms with E-state index < -0.39 is 5.91 Å². The summed E-state index contributed by atoms with van der Waals surface area (Å²) in [5.41, 5.74) is 9.73. The predicted octanol–water partition coefficient (Wildman–Crippen LogP) is 2.34. The largest absolute Gasteiger partial charge is 0.490 e. The van der Waals surface area contributed by atoms with Crippen LogP contribution >= 0.6 is 11.3 Å². The average Bonchev–Trinajstić information content (AvgIpc) is 3.21. The number of carbonyl (C=O) groups is 1. The minimum absolute atomic E-state index is 0.104. The van der Waals surface area contributed by atoms with Gasteiger partial charge in [-0.1, -0.05) is 23.5 Å². The number of imidazole rings is 1. The van der Waals surface area contributed by atoms with Gasteiger partial charge in [0.25, 0.3) is 11.5 Å². The van der Waals surface area contributed by atoms with Gasteiger partial charge in [-0.15, -0.1) is 0 Å². The molecular weight excluding hydrogens is 402 g/mol. The van der Waals surface area contributed by atoms with Gasteiger partial charge in [0.05, 0.1) is 22.2 Å². The van der Waals surface area contributed by atoms with Crippen molar-refractivity contribution in [2.24, 2.45) is 5.73 Å². The summed E-state index contributed by atoms with van der Waals surface area (Å²) in [5.74, 6) is 0.342. The van der Waals surface area contributed by atoms with E-state index >= 15 is 0 Å². The Morgan fingerprint density at radius 3 is 2.73 bits per heavy atom. The number of amides is 1. The average molecular weight is 423 g/mol. The van der Waals surface area contributed by atoms with Crippen molar-refractivity contribution in [1.29, 1.82) is 0 Å². The molecule has 2 aromatic heterocycles. The topological polar surface area (TPSA) is 95.9 Å². The second-order valence-corrected chi connectivity index (χ2v) is 7.92. The van der Waals surface area contributed by atoms with E-state index in [-0.39, 0.29) is 12.2 Å². The number of primary amides is 1. The number of nitrogens with two attached hydrogens (primary N) is 1. The second kappa shape index (κ2) is 7.79. The molecule has 0 aliphatic heterocycles. The van der Waals surface area contributed by atoms with Gasteiger partial charge in [-0.3, -0.25) is 9.59 Å². The highest BCUT2D eigenvalue weighted by Gasteiger charge is 2.14. The molecule has 30 heavy (non-hydrogen) atoms. The summed E-state index contributed by atoms with van der Waals surface area (Å²) in [6, 6.07) is 9.21. The quantitative estimate of drug-likeness (QED) is 0.514. The van der Waals surface area contributed by atoms with Gasteiger partial charge in [0, 0.05) is 0 Å². The molecule has 4 rings (SSSR count). The van der Waals surface area contributed by atoms with Crippen LogP contribution in [0, 0.1) is 13.8 Å². The van der Waals surface area contributed by atoms with Crippen LogP contribution in [0.2, 0.25) is 0 Å². The van der Waals surface area contributed by atoms with Gasteiger partial charge in [0.15, 0.2) is 23.1 Å². The normalized spacial score (nSPS) is 12.0. The van der Waals surface area contributed by atoms with Crippen LogP contribution in [0.1, 0.15) is 23.6 Å². The number of hydrogen-bond acceptors (Lipinski definition) is 6. The number of thiazole rings is 1. The lowest BCUT2D eigenvalue weighted by atomic mass is 10.1. The molecule has 0 aliphatic carbocycles. The number of rotatable bonds is 6. The third-order valence-electron chi connectivity index (χ3n) is 4.87. The first-order valence-corrected chi connectivity index (χ1v) is 10.3. The Balaban J connectivity index is 1.80. The SMILES string of the molecule is CCOc1cc(/C=c2/sc3nc4c(C)c(C)ccc4n3c2=O)ccc1OCC(N)=O. The lowest BCUT2D eigenvalue weighted by molar-refractivity contribution is -0.119. The Bertz CT molecular complexity index is 1390. The van der Waals surface area contributed by atoms with Gasteiger partial charge >= 0.3 is 0 Å². The zero-order valence-electron chi connectivity index (χ0n) is 16.9. The first-order chi connectivity index (χ1) is 14.4. The molecule has 0 fully saturated rings. The monoisotopic (exact) mass is 423 g/mol. The number of aromatic nitrogens is 2. The molecule has 8 heteroatoms. The van der Waals surface area contributed by atoms with E-state index in [0.29, 0.717) is 27.6 Å². The molecule has 0 radical (unpaired) electrons. The number of nitrogens with zero attached hydrogens (tertiary/aromatic N) is 2. The lowest BCUT2D eigenvalue weighted by Crippen LogP contribution is -2.22. The number of fused-ring (bicyclic) bond motifs is 3. The van der Waals surface area contributed by atoms with Gasteiger partial charge < -0.3 is 15.2 Å². The van der Waals surface area contributed by atoms with Gasteiger partial charge in [-0.25, -0.2) is 9.38 Å². The summed E-state index contributed by atoms with van der Waals surface area (Å²) in [6.07, 6.45) is 1.80. The van der Waals surface area contributed by atoms with Crippen LogP contribution < -0.4 is 25.3 Å². The van der Waals surface area contributed by atoms with Crippen molar-refractivity contribution >= 4 is 39.3 Å². The fourth-order valence-corrected chi connectivity index (χ4v) is 4.25. The summed E-state index contributed by atoms with van der Waals surface area (Å²) in [4.78, 5) is 29.4. The Labute approximate surface area is 176 Å². The molecule has 2 aromatic carbocycles. The molecule has 2 heterocycles. The maximum absolute atomic E-state index is 13.1. The zero-order chi connectivity index (χ0) is 21.4. The van der Waals surface area contributed by atoms with Crippen LogP contribution in [0.5, 0.6) is 11.5 Å². The first-order valence-electron chi connectivity index (χ1n) is 9.50. The van der Waals surface area contributed by atoms with E-state index in [0.717, 1.165) is 27.7 Å². The van der Waals surface area contributed by atoms with Crippen molar-refractivity contribution < 1.29 is 14.3 Å². The van der Waals surface area contributed by atoms with Crippen molar-refractivity contribution in [3.63, 3.8) is 0 Å². The number of benzene rings is 2. The number of aryl methyl sites for hydroxylation is 2. The van der Waals surface area contributed by atoms with Crippen LogP contribution in [-0.4, -0.2) is 28.5 Å². The molecule has 0 spiro atoms. The predicted molar refractivity (Wildman–Crippen MR) is 117 cm³/mol. The van der Waals surface area contributed by atoms with E-state index in [1.54, 1.807) is 28.7 Å². The van der Waals surface area contributed by atoms with Crippen molar-refractivity contribution in [2.75, 3.05) is 13.2 Å². The Morgan fingerprint density at radius 2 is 2.00 bits per heavy atom. The molecule has 7 nitrogen and oxygen atoms in total. The molecule has 1 amide bonds. The summed E-state index contributed by atoms with van der Waals surface area (Å²) < 4.78 is 13.2. The summed E-state index contributed by atoms with van der Waals surface area (Å²) in [6.45, 7) is 6.10.